The normalized spacial score (nSPS) is 13.9. The molecule has 9 rings (SSSR count). The molecule has 6 aromatic carbocycles. The molecule has 0 aliphatic carbocycles. The largest absolute Gasteiger partial charge is 0.490 e. The summed E-state index contributed by atoms with van der Waals surface area (Å²) >= 11 is 1.20. The predicted octanol–water partition coefficient (Wildman–Crippen LogP) is 14.4. The third-order valence-electron chi connectivity index (χ3n) is 15.3. The van der Waals surface area contributed by atoms with Crippen LogP contribution < -0.4 is 44.4 Å². The van der Waals surface area contributed by atoms with Gasteiger partial charge in [-0.3, -0.25) is 38.4 Å². The van der Waals surface area contributed by atoms with Gasteiger partial charge in [0.25, 0.3) is 17.7 Å². The van der Waals surface area contributed by atoms with Crippen molar-refractivity contribution in [1.82, 2.24) is 19.9 Å². The number of benzene rings is 6. The molecule has 0 aliphatic heterocycles. The van der Waals surface area contributed by atoms with Crippen LogP contribution in [0.5, 0.6) is 51.7 Å². The number of nitrogens with zero attached hydrogens (tertiary/aromatic N) is 4. The zero-order chi connectivity index (χ0) is 84.6. The minimum Gasteiger partial charge on any atom is -0.490 e. The first-order chi connectivity index (χ1) is 54.0. The molecule has 115 heavy (non-hydrogen) atoms. The second-order valence-corrected chi connectivity index (χ2v) is 41.4. The van der Waals surface area contributed by atoms with Crippen molar-refractivity contribution in [3.8, 4) is 51.7 Å². The number of hydrogen-bond acceptors (Lipinski definition) is 29. The van der Waals surface area contributed by atoms with Crippen LogP contribution >= 0.6 is 33.4 Å². The summed E-state index contributed by atoms with van der Waals surface area (Å²) in [6.07, 6.45) is 7.00. The quantitative estimate of drug-likeness (QED) is 0.0197. The number of amides is 3. The van der Waals surface area contributed by atoms with Gasteiger partial charge in [-0.2, -0.15) is 0 Å². The van der Waals surface area contributed by atoms with Crippen molar-refractivity contribution >= 4 is 97.4 Å². The molecule has 6 N–H and O–H groups in total. The Kier molecular flexibility index (Phi) is 33.9. The summed E-state index contributed by atoms with van der Waals surface area (Å²) in [4.78, 5) is 56.6. The number of hydrogen-bond donors (Lipinski definition) is 6. The molecule has 3 unspecified atom stereocenters. The molecule has 3 heterocycles. The summed E-state index contributed by atoms with van der Waals surface area (Å²) in [5, 5.41) is 38.1. The summed E-state index contributed by atoms with van der Waals surface area (Å²) in [6, 6.07) is 34.7. The number of nitrogens with one attached hydrogen (secondary N) is 3. The first kappa shape index (κ1) is 92.9. The predicted molar refractivity (Wildman–Crippen MR) is 438 cm³/mol. The van der Waals surface area contributed by atoms with Gasteiger partial charge < -0.3 is 67.9 Å². The first-order valence-electron chi connectivity index (χ1n) is 35.5. The maximum atomic E-state index is 13.1. The van der Waals surface area contributed by atoms with Gasteiger partial charge in [-0.25, -0.2) is 40.2 Å². The van der Waals surface area contributed by atoms with Gasteiger partial charge in [0.2, 0.25) is 22.1 Å². The molecule has 6 atom stereocenters. The van der Waals surface area contributed by atoms with Crippen molar-refractivity contribution in [3.05, 3.63) is 197 Å². The number of sulfone groups is 3. The van der Waals surface area contributed by atoms with E-state index in [9.17, 15) is 68.7 Å². The summed E-state index contributed by atoms with van der Waals surface area (Å²) in [6.45, 7) is 17.1. The van der Waals surface area contributed by atoms with Crippen LogP contribution in [-0.2, 0) is 75.3 Å². The summed E-state index contributed by atoms with van der Waals surface area (Å²) in [5.74, 6) is 1.79. The first-order valence-corrected chi connectivity index (χ1v) is 48.9. The number of ether oxygens (including phenoxy) is 6. The number of rotatable bonds is 37. The highest BCUT2D eigenvalue weighted by Gasteiger charge is 2.24. The lowest BCUT2D eigenvalue weighted by atomic mass is 10.1. The van der Waals surface area contributed by atoms with Crippen LogP contribution in [0.15, 0.2) is 178 Å². The highest BCUT2D eigenvalue weighted by molar-refractivity contribution is 7.91. The Balaban J connectivity index is 0.000000239. The van der Waals surface area contributed by atoms with Gasteiger partial charge in [-0.05, 0) is 169 Å². The van der Waals surface area contributed by atoms with Crippen LogP contribution in [0.3, 0.4) is 0 Å². The van der Waals surface area contributed by atoms with E-state index < -0.39 is 81.5 Å². The van der Waals surface area contributed by atoms with Crippen molar-refractivity contribution in [1.29, 1.82) is 0 Å². The molecule has 0 bridgehead atoms. The highest BCUT2D eigenvalue weighted by atomic mass is 32.2. The highest BCUT2D eigenvalue weighted by Crippen LogP contribution is 2.49. The zero-order valence-electron chi connectivity index (χ0n) is 65.4. The molecule has 0 aliphatic rings. The number of aliphatic hydroxyl groups excluding tert-OH is 3. The molecule has 0 radical (unpaired) electrons. The molecular formula is C77H94N7O24P3S4. The lowest BCUT2D eigenvalue weighted by molar-refractivity contribution is 0.101. The van der Waals surface area contributed by atoms with Crippen LogP contribution in [0.25, 0.3) is 0 Å². The van der Waals surface area contributed by atoms with Crippen LogP contribution in [-0.4, -0.2) is 174 Å². The topological polar surface area (TPSA) is 436 Å². The molecule has 0 spiro atoms. The molecule has 620 valence electrons. The van der Waals surface area contributed by atoms with E-state index >= 15 is 0 Å². The molecule has 9 aromatic rings. The lowest BCUT2D eigenvalue weighted by Gasteiger charge is -2.17. The number of carbonyl (C=O) groups excluding carboxylic acids is 3. The minimum absolute atomic E-state index is 0.0594. The number of aliphatic hydroxyl groups is 3. The van der Waals surface area contributed by atoms with Crippen LogP contribution in [0, 0.1) is 0 Å². The van der Waals surface area contributed by atoms with Gasteiger partial charge in [0.15, 0.2) is 40.5 Å². The molecule has 38 heteroatoms. The maximum absolute atomic E-state index is 13.1. The Morgan fingerprint density at radius 1 is 0.443 bits per heavy atom. The zero-order valence-corrected chi connectivity index (χ0v) is 71.4. The van der Waals surface area contributed by atoms with E-state index in [2.05, 4.69) is 35.9 Å². The van der Waals surface area contributed by atoms with E-state index in [0.717, 1.165) is 24.3 Å². The Bertz CT molecular complexity index is 5300. The SMILES string of the molecule is CC(C)OP(C)(=O)Cc1ccc(NC(=O)c2cc(Oc3ccc(S(C)(=O)=O)cc3)cc(O[C@@H](C)CCO)c2)nc1.CCOP(C)(=O)Cc1cnc(NC(=O)c2cc(Oc3ccc(S(C)(=O)=O)cc3)cc(O[C@@H](C)CO)c2)cn1.CCOP(C)(=O)Cc1csc(NC(=O)c2cc(Oc3ccc(S(C)(=O)=O)cc3)cc(O[C@@H](C)CO)c2)n1. The molecule has 3 aromatic heterocycles. The van der Waals surface area contributed by atoms with Gasteiger partial charge in [0.05, 0.1) is 95.6 Å². The third kappa shape index (κ3) is 31.7. The number of carbonyl (C=O) groups is 3. The van der Waals surface area contributed by atoms with Gasteiger partial charge in [0, 0.05) is 98.3 Å². The molecule has 0 fully saturated rings. The van der Waals surface area contributed by atoms with Crippen LogP contribution in [0.2, 0.25) is 0 Å². The van der Waals surface area contributed by atoms with Crippen molar-refractivity contribution < 1.29 is 111 Å². The Labute approximate surface area is 673 Å². The summed E-state index contributed by atoms with van der Waals surface area (Å²) in [7, 11) is -18.6. The van der Waals surface area contributed by atoms with Crippen LogP contribution in [0.4, 0.5) is 16.8 Å². The van der Waals surface area contributed by atoms with E-state index in [1.54, 1.807) is 95.9 Å². The Morgan fingerprint density at radius 3 is 1.18 bits per heavy atom. The molecule has 31 nitrogen and oxygen atoms in total. The maximum Gasteiger partial charge on any atom is 0.257 e. The molecular weight excluding hydrogens is 1630 g/mol. The molecule has 0 saturated heterocycles. The average Bonchev–Trinajstić information content (AvgIpc) is 1.62. The fraction of sp³-hybridized carbons (Fsp3) is 0.338. The van der Waals surface area contributed by atoms with E-state index in [4.69, 9.17) is 42.0 Å². The standard InChI is InChI=1S/C28H35N2O8PS.C25H30N3O8PS.C24H29N2O8PS2/c1-19(2)38-39(4,33)18-21-6-11-27(29-17-21)30-28(32)22-14-24(36-20(3)12-13-31)16-25(15-22)37-23-7-9-26(10-8-23)40(5,34)35;1-5-34-37(3,31)16-19-13-27-24(14-26-19)28-25(30)18-10-21(35-17(2)15-29)12-22(11-18)36-20-6-8-23(9-7-20)38(4,32)33;1-5-32-35(3,29)14-18-15-36-24(25-18)26-23(28)17-10-20(33-16(2)13-27)12-21(11-17)34-19-6-8-22(9-7-19)37(4,30)31/h6-11,14-17,19-20,31H,12-13,18H2,1-5H3,(H,29,30,32);6-14,17,29H,5,15-16H2,1-4H3,(H,27,28,30);6-12,15-16,27H,5,13-14H2,1-4H3,(H,25,26,28)/t20-,39?;17-,37?;16-,35?/m000/s1. The fourth-order valence-electron chi connectivity index (χ4n) is 10.3. The van der Waals surface area contributed by atoms with Crippen molar-refractivity contribution in [3.63, 3.8) is 0 Å². The minimum atomic E-state index is -3.36. The average molecular weight is 1720 g/mol. The van der Waals surface area contributed by atoms with Crippen molar-refractivity contribution in [2.24, 2.45) is 0 Å². The van der Waals surface area contributed by atoms with Gasteiger partial charge in [0.1, 0.15) is 69.8 Å². The number of thiazole rings is 1. The number of anilines is 3. The van der Waals surface area contributed by atoms with E-state index in [1.165, 1.54) is 134 Å². The second kappa shape index (κ2) is 42.0. The van der Waals surface area contributed by atoms with Gasteiger partial charge in [-0.15, -0.1) is 11.3 Å². The molecule has 0 saturated carbocycles. The van der Waals surface area contributed by atoms with E-state index in [-0.39, 0.29) is 111 Å². The monoisotopic (exact) mass is 1720 g/mol. The van der Waals surface area contributed by atoms with E-state index in [1.807, 2.05) is 13.8 Å². The fourth-order valence-corrected chi connectivity index (χ4v) is 17.6. The Morgan fingerprint density at radius 2 is 0.826 bits per heavy atom. The number of pyridine rings is 1. The lowest BCUT2D eigenvalue weighted by Crippen LogP contribution is -2.17. The van der Waals surface area contributed by atoms with Crippen molar-refractivity contribution in [2.75, 3.05) is 87.7 Å². The number of aromatic nitrogens is 4. The summed E-state index contributed by atoms with van der Waals surface area (Å²) in [5.41, 5.74) is 2.35. The molecule has 3 amide bonds. The Hall–Kier alpha value is -9.31. The van der Waals surface area contributed by atoms with Gasteiger partial charge >= 0.3 is 0 Å². The van der Waals surface area contributed by atoms with Gasteiger partial charge in [-0.1, -0.05) is 6.07 Å². The van der Waals surface area contributed by atoms with Crippen LogP contribution in [0.1, 0.15) is 103 Å². The smallest absolute Gasteiger partial charge is 0.257 e. The second-order valence-electron chi connectivity index (χ2n) is 26.7. The van der Waals surface area contributed by atoms with E-state index in [0.29, 0.717) is 70.7 Å². The third-order valence-corrected chi connectivity index (χ3v) is 24.7. The summed E-state index contributed by atoms with van der Waals surface area (Å²) < 4.78 is 159. The van der Waals surface area contributed by atoms with Crippen molar-refractivity contribution in [2.45, 2.75) is 112 Å².